The summed E-state index contributed by atoms with van der Waals surface area (Å²) in [5.41, 5.74) is 10.0. The van der Waals surface area contributed by atoms with Gasteiger partial charge in [-0.05, 0) is 54.0 Å². The highest BCUT2D eigenvalue weighted by Crippen LogP contribution is 2.25. The number of nitrogens with zero attached hydrogens (tertiary/aromatic N) is 3. The van der Waals surface area contributed by atoms with E-state index in [1.165, 1.54) is 16.6 Å². The second-order valence-corrected chi connectivity index (χ2v) is 5.72. The number of aromatic nitrogens is 3. The van der Waals surface area contributed by atoms with Crippen LogP contribution in [0.25, 0.3) is 10.9 Å². The summed E-state index contributed by atoms with van der Waals surface area (Å²) in [6.07, 6.45) is 2.10. The van der Waals surface area contributed by atoms with Crippen LogP contribution in [0.2, 0.25) is 0 Å². The molecule has 20 heavy (non-hydrogen) atoms. The molecule has 2 aromatic heterocycles. The van der Waals surface area contributed by atoms with Gasteiger partial charge in [0, 0.05) is 29.3 Å². The lowest BCUT2D eigenvalue weighted by Crippen LogP contribution is -2.07. The highest BCUT2D eigenvalue weighted by molar-refractivity contribution is 9.10. The maximum atomic E-state index is 5.83. The number of nitrogen functional groups attached to an aromatic ring is 1. The molecule has 1 aromatic carbocycles. The van der Waals surface area contributed by atoms with Crippen LogP contribution in [-0.4, -0.2) is 14.3 Å². The Kier molecular flexibility index (Phi) is 3.30. The van der Waals surface area contributed by atoms with Gasteiger partial charge in [0.05, 0.1) is 22.4 Å². The molecule has 3 rings (SSSR count). The zero-order valence-corrected chi connectivity index (χ0v) is 13.2. The van der Waals surface area contributed by atoms with E-state index in [-0.39, 0.29) is 0 Å². The second kappa shape index (κ2) is 4.98. The zero-order valence-electron chi connectivity index (χ0n) is 11.6. The third-order valence-corrected chi connectivity index (χ3v) is 4.60. The smallest absolute Gasteiger partial charge is 0.0739 e. The topological polar surface area (TPSA) is 48.8 Å². The molecule has 0 fully saturated rings. The van der Waals surface area contributed by atoms with E-state index in [0.717, 1.165) is 28.9 Å². The van der Waals surface area contributed by atoms with E-state index in [4.69, 9.17) is 5.73 Å². The van der Waals surface area contributed by atoms with Gasteiger partial charge in [-0.15, -0.1) is 0 Å². The number of hydrogen-bond acceptors (Lipinski definition) is 2. The standard InChI is InChI=1S/C15H17BrN4/c1-3-20-14(15(16)10(2)18-20)9-19-7-6-11-8-12(17)4-5-13(11)19/h4-8H,3,9,17H2,1-2H3. The van der Waals surface area contributed by atoms with Gasteiger partial charge in [0.1, 0.15) is 0 Å². The van der Waals surface area contributed by atoms with Crippen LogP contribution >= 0.6 is 15.9 Å². The molecule has 0 unspecified atom stereocenters. The van der Waals surface area contributed by atoms with Crippen molar-refractivity contribution in [3.05, 3.63) is 46.3 Å². The van der Waals surface area contributed by atoms with Crippen molar-refractivity contribution >= 4 is 32.5 Å². The van der Waals surface area contributed by atoms with Crippen LogP contribution in [0.4, 0.5) is 5.69 Å². The van der Waals surface area contributed by atoms with E-state index >= 15 is 0 Å². The van der Waals surface area contributed by atoms with Crippen molar-refractivity contribution in [2.75, 3.05) is 5.73 Å². The van der Waals surface area contributed by atoms with E-state index in [0.29, 0.717) is 0 Å². The van der Waals surface area contributed by atoms with Crippen LogP contribution in [0.15, 0.2) is 34.9 Å². The lowest BCUT2D eigenvalue weighted by molar-refractivity contribution is 0.601. The lowest BCUT2D eigenvalue weighted by Gasteiger charge is -2.08. The fourth-order valence-electron chi connectivity index (χ4n) is 2.54. The van der Waals surface area contributed by atoms with Gasteiger partial charge in [-0.3, -0.25) is 4.68 Å². The summed E-state index contributed by atoms with van der Waals surface area (Å²) in [5, 5.41) is 5.71. The molecule has 4 nitrogen and oxygen atoms in total. The molecule has 0 saturated carbocycles. The first-order valence-electron chi connectivity index (χ1n) is 6.66. The minimum atomic E-state index is 0.794. The Balaban J connectivity index is 2.05. The summed E-state index contributed by atoms with van der Waals surface area (Å²) in [5.74, 6) is 0. The molecule has 3 aromatic rings. The molecule has 0 amide bonds. The van der Waals surface area contributed by atoms with Crippen molar-refractivity contribution in [1.29, 1.82) is 0 Å². The van der Waals surface area contributed by atoms with Gasteiger partial charge in [0.15, 0.2) is 0 Å². The average Bonchev–Trinajstić information content (AvgIpc) is 2.94. The Morgan fingerprint density at radius 3 is 2.85 bits per heavy atom. The SMILES string of the molecule is CCn1nc(C)c(Br)c1Cn1ccc2cc(N)ccc21. The number of anilines is 1. The summed E-state index contributed by atoms with van der Waals surface area (Å²) in [6, 6.07) is 8.11. The number of rotatable bonds is 3. The molecule has 0 radical (unpaired) electrons. The molecule has 104 valence electrons. The number of benzene rings is 1. The molecule has 0 saturated heterocycles. The van der Waals surface area contributed by atoms with Crippen molar-refractivity contribution < 1.29 is 0 Å². The summed E-state index contributed by atoms with van der Waals surface area (Å²) < 4.78 is 5.36. The van der Waals surface area contributed by atoms with Gasteiger partial charge in [0.25, 0.3) is 0 Å². The summed E-state index contributed by atoms with van der Waals surface area (Å²) >= 11 is 3.65. The van der Waals surface area contributed by atoms with Crippen LogP contribution in [0.1, 0.15) is 18.3 Å². The van der Waals surface area contributed by atoms with E-state index < -0.39 is 0 Å². The number of fused-ring (bicyclic) bond motifs is 1. The first-order chi connectivity index (χ1) is 9.60. The van der Waals surface area contributed by atoms with Gasteiger partial charge in [-0.1, -0.05) is 0 Å². The molecule has 0 aliphatic carbocycles. The molecule has 0 atom stereocenters. The van der Waals surface area contributed by atoms with Crippen molar-refractivity contribution in [2.24, 2.45) is 0 Å². The second-order valence-electron chi connectivity index (χ2n) is 4.92. The van der Waals surface area contributed by atoms with E-state index in [1.54, 1.807) is 0 Å². The van der Waals surface area contributed by atoms with E-state index in [2.05, 4.69) is 50.8 Å². The van der Waals surface area contributed by atoms with Gasteiger partial charge >= 0.3 is 0 Å². The van der Waals surface area contributed by atoms with Crippen LogP contribution in [-0.2, 0) is 13.1 Å². The number of nitrogens with two attached hydrogens (primary N) is 1. The van der Waals surface area contributed by atoms with Crippen LogP contribution in [0, 0.1) is 6.92 Å². The van der Waals surface area contributed by atoms with Crippen molar-refractivity contribution in [3.8, 4) is 0 Å². The molecular formula is C15H17BrN4. The third kappa shape index (κ3) is 2.12. The Hall–Kier alpha value is -1.75. The maximum absolute atomic E-state index is 5.83. The monoisotopic (exact) mass is 332 g/mol. The average molecular weight is 333 g/mol. The largest absolute Gasteiger partial charge is 0.399 e. The van der Waals surface area contributed by atoms with Crippen LogP contribution in [0.5, 0.6) is 0 Å². The highest BCUT2D eigenvalue weighted by Gasteiger charge is 2.13. The fraction of sp³-hybridized carbons (Fsp3) is 0.267. The first kappa shape index (κ1) is 13.2. The molecular weight excluding hydrogens is 316 g/mol. The van der Waals surface area contributed by atoms with Crippen LogP contribution in [0.3, 0.4) is 0 Å². The Morgan fingerprint density at radius 1 is 1.30 bits per heavy atom. The number of hydrogen-bond donors (Lipinski definition) is 1. The lowest BCUT2D eigenvalue weighted by atomic mass is 10.2. The number of aryl methyl sites for hydroxylation is 2. The van der Waals surface area contributed by atoms with Crippen molar-refractivity contribution in [3.63, 3.8) is 0 Å². The molecule has 2 N–H and O–H groups in total. The molecule has 0 spiro atoms. The van der Waals surface area contributed by atoms with Gasteiger partial charge < -0.3 is 10.3 Å². The first-order valence-corrected chi connectivity index (χ1v) is 7.45. The Labute approximate surface area is 126 Å². The molecule has 0 aliphatic heterocycles. The summed E-state index contributed by atoms with van der Waals surface area (Å²) in [6.45, 7) is 5.79. The molecule has 0 aliphatic rings. The predicted octanol–water partition coefficient (Wildman–Crippen LogP) is 3.56. The predicted molar refractivity (Wildman–Crippen MR) is 85.8 cm³/mol. The molecule has 5 heteroatoms. The molecule has 0 bridgehead atoms. The van der Waals surface area contributed by atoms with Gasteiger partial charge in [0.2, 0.25) is 0 Å². The van der Waals surface area contributed by atoms with Gasteiger partial charge in [-0.2, -0.15) is 5.10 Å². The molecule has 2 heterocycles. The Bertz CT molecular complexity index is 770. The van der Waals surface area contributed by atoms with E-state index in [1.807, 2.05) is 23.7 Å². The van der Waals surface area contributed by atoms with Gasteiger partial charge in [-0.25, -0.2) is 0 Å². The van der Waals surface area contributed by atoms with E-state index in [9.17, 15) is 0 Å². The highest BCUT2D eigenvalue weighted by atomic mass is 79.9. The van der Waals surface area contributed by atoms with Crippen molar-refractivity contribution in [1.82, 2.24) is 14.3 Å². The minimum absolute atomic E-state index is 0.794. The normalized spacial score (nSPS) is 11.3. The van der Waals surface area contributed by atoms with Crippen molar-refractivity contribution in [2.45, 2.75) is 26.9 Å². The minimum Gasteiger partial charge on any atom is -0.399 e. The fourth-order valence-corrected chi connectivity index (χ4v) is 2.95. The third-order valence-electron chi connectivity index (χ3n) is 3.57. The zero-order chi connectivity index (χ0) is 14.3. The summed E-state index contributed by atoms with van der Waals surface area (Å²) in [4.78, 5) is 0. The number of halogens is 1. The summed E-state index contributed by atoms with van der Waals surface area (Å²) in [7, 11) is 0. The maximum Gasteiger partial charge on any atom is 0.0739 e. The Morgan fingerprint density at radius 2 is 2.10 bits per heavy atom. The van der Waals surface area contributed by atoms with Crippen LogP contribution < -0.4 is 5.73 Å². The quantitative estimate of drug-likeness (QED) is 0.745.